The summed E-state index contributed by atoms with van der Waals surface area (Å²) in [4.78, 5) is 21.7. The number of nitrogens with one attached hydrogen (secondary N) is 1. The van der Waals surface area contributed by atoms with Crippen LogP contribution < -0.4 is 20.9 Å². The van der Waals surface area contributed by atoms with Gasteiger partial charge in [-0.25, -0.2) is 0 Å². The molecule has 0 saturated carbocycles. The highest BCUT2D eigenvalue weighted by Gasteiger charge is 2.25. The summed E-state index contributed by atoms with van der Waals surface area (Å²) in [5.74, 6) is -0.290. The van der Waals surface area contributed by atoms with E-state index >= 15 is 0 Å². The molecule has 2 aliphatic rings. The van der Waals surface area contributed by atoms with Crippen LogP contribution in [0.3, 0.4) is 0 Å². The van der Waals surface area contributed by atoms with E-state index in [-0.39, 0.29) is 31.1 Å². The number of oxazole rings is 1. The van der Waals surface area contributed by atoms with Gasteiger partial charge in [0.25, 0.3) is 11.9 Å². The molecule has 0 radical (unpaired) electrons. The zero-order chi connectivity index (χ0) is 20.7. The van der Waals surface area contributed by atoms with Crippen LogP contribution in [0.5, 0.6) is 0 Å². The van der Waals surface area contributed by atoms with Gasteiger partial charge in [0.05, 0.1) is 16.9 Å². The number of nitrogens with two attached hydrogens (primary N) is 1. The lowest BCUT2D eigenvalue weighted by molar-refractivity contribution is 0.102. The molecule has 2 aromatic heterocycles. The van der Waals surface area contributed by atoms with E-state index in [0.717, 1.165) is 61.2 Å². The number of aryl methyl sites for hydroxylation is 1. The highest BCUT2D eigenvalue weighted by molar-refractivity contribution is 7.59. The number of hydrogen-bond acceptors (Lipinski definition) is 7. The Balaban J connectivity index is 0.00000231. The van der Waals surface area contributed by atoms with Crippen LogP contribution in [0.1, 0.15) is 36.2 Å². The molecule has 2 fully saturated rings. The van der Waals surface area contributed by atoms with Crippen molar-refractivity contribution in [1.29, 1.82) is 0 Å². The predicted molar refractivity (Wildman–Crippen MR) is 126 cm³/mol. The molecule has 0 unspecified atom stereocenters. The molecular formula is C21H29N7O2S. The number of amides is 1. The maximum atomic E-state index is 13.0. The third kappa shape index (κ3) is 4.35. The van der Waals surface area contributed by atoms with Crippen LogP contribution in [0.25, 0.3) is 10.9 Å². The molecule has 9 nitrogen and oxygen atoms in total. The molecule has 166 valence electrons. The van der Waals surface area contributed by atoms with Crippen LogP contribution in [0.15, 0.2) is 29.0 Å². The molecule has 31 heavy (non-hydrogen) atoms. The Morgan fingerprint density at radius 2 is 2.00 bits per heavy atom. The molecule has 1 atom stereocenters. The van der Waals surface area contributed by atoms with E-state index in [1.54, 1.807) is 4.68 Å². The van der Waals surface area contributed by atoms with E-state index in [0.29, 0.717) is 12.6 Å². The molecule has 2 aliphatic heterocycles. The number of carbonyl (C=O) groups is 1. The minimum atomic E-state index is -0.290. The first kappa shape index (κ1) is 21.5. The number of aromatic nitrogens is 3. The van der Waals surface area contributed by atoms with Crippen LogP contribution in [0, 0.1) is 0 Å². The average molecular weight is 444 g/mol. The normalized spacial score (nSPS) is 19.0. The minimum Gasteiger partial charge on any atom is -0.431 e. The van der Waals surface area contributed by atoms with Gasteiger partial charge in [0.2, 0.25) is 0 Å². The van der Waals surface area contributed by atoms with E-state index in [9.17, 15) is 4.79 Å². The second-order valence-electron chi connectivity index (χ2n) is 8.24. The molecule has 5 rings (SSSR count). The second kappa shape index (κ2) is 8.80. The molecule has 4 heterocycles. The molecule has 2 saturated heterocycles. The Kier molecular flexibility index (Phi) is 6.10. The van der Waals surface area contributed by atoms with E-state index in [1.807, 2.05) is 24.2 Å². The molecular weight excluding hydrogens is 414 g/mol. The fourth-order valence-electron chi connectivity index (χ4n) is 4.34. The Hall–Kier alpha value is -2.72. The summed E-state index contributed by atoms with van der Waals surface area (Å²) in [5.41, 5.74) is 8.85. The number of rotatable bonds is 4. The number of benzene rings is 1. The van der Waals surface area contributed by atoms with Gasteiger partial charge in [-0.05, 0) is 37.8 Å². The average Bonchev–Trinajstić information content (AvgIpc) is 3.46. The molecule has 1 aromatic carbocycles. The van der Waals surface area contributed by atoms with Crippen molar-refractivity contribution < 1.29 is 9.21 Å². The van der Waals surface area contributed by atoms with Gasteiger partial charge in [0, 0.05) is 50.9 Å². The predicted octanol–water partition coefficient (Wildman–Crippen LogP) is 2.45. The van der Waals surface area contributed by atoms with Crippen molar-refractivity contribution in [1.82, 2.24) is 14.8 Å². The first-order chi connectivity index (χ1) is 14.6. The largest absolute Gasteiger partial charge is 0.431 e. The second-order valence-corrected chi connectivity index (χ2v) is 8.24. The molecule has 0 aliphatic carbocycles. The van der Waals surface area contributed by atoms with Crippen molar-refractivity contribution in [3.8, 4) is 0 Å². The summed E-state index contributed by atoms with van der Waals surface area (Å²) in [6.45, 7) is 3.45. The zero-order valence-electron chi connectivity index (χ0n) is 17.7. The summed E-state index contributed by atoms with van der Waals surface area (Å²) in [6.07, 6.45) is 7.86. The highest BCUT2D eigenvalue weighted by atomic mass is 32.1. The summed E-state index contributed by atoms with van der Waals surface area (Å²) >= 11 is 0. The van der Waals surface area contributed by atoms with Gasteiger partial charge in [-0.1, -0.05) is 0 Å². The Bertz CT molecular complexity index is 1070. The van der Waals surface area contributed by atoms with Gasteiger partial charge in [0.1, 0.15) is 6.26 Å². The van der Waals surface area contributed by atoms with Gasteiger partial charge < -0.3 is 25.3 Å². The van der Waals surface area contributed by atoms with Gasteiger partial charge >= 0.3 is 0 Å². The van der Waals surface area contributed by atoms with Gasteiger partial charge in [-0.3, -0.25) is 9.48 Å². The fourth-order valence-corrected chi connectivity index (χ4v) is 4.34. The molecule has 10 heteroatoms. The minimum absolute atomic E-state index is 0. The van der Waals surface area contributed by atoms with E-state index in [4.69, 9.17) is 10.2 Å². The van der Waals surface area contributed by atoms with Crippen LogP contribution in [-0.2, 0) is 7.05 Å². The van der Waals surface area contributed by atoms with E-state index < -0.39 is 0 Å². The van der Waals surface area contributed by atoms with Gasteiger partial charge in [-0.2, -0.15) is 23.6 Å². The van der Waals surface area contributed by atoms with Crippen molar-refractivity contribution in [3.63, 3.8) is 0 Å². The Morgan fingerprint density at radius 3 is 2.74 bits per heavy atom. The van der Waals surface area contributed by atoms with Crippen LogP contribution >= 0.6 is 13.5 Å². The third-order valence-electron chi connectivity index (χ3n) is 5.90. The van der Waals surface area contributed by atoms with Crippen LogP contribution in [-0.4, -0.2) is 52.9 Å². The summed E-state index contributed by atoms with van der Waals surface area (Å²) in [7, 11) is 1.90. The molecule has 3 N–H and O–H groups in total. The van der Waals surface area contributed by atoms with Crippen molar-refractivity contribution in [2.45, 2.75) is 31.7 Å². The number of fused-ring (bicyclic) bond motifs is 1. The topological polar surface area (TPSA) is 105 Å². The lowest BCUT2D eigenvalue weighted by atomic mass is 10.1. The summed E-state index contributed by atoms with van der Waals surface area (Å²) < 4.78 is 7.34. The standard InChI is InChI=1S/C21H27N7O2.H2S/c1-26-11-14-9-19(27-6-3-2-4-7-27)17(10-16(14)25-26)23-20(29)18-13-30-21(24-18)28-8-5-15(22)12-28;/h9-11,13,15H,2-8,12,22H2,1H3,(H,23,29);1H2/t15-;/m0./s1. The number of anilines is 3. The van der Waals surface area contributed by atoms with Crippen LogP contribution in [0.2, 0.25) is 0 Å². The first-order valence-corrected chi connectivity index (χ1v) is 10.6. The van der Waals surface area contributed by atoms with E-state index in [2.05, 4.69) is 26.4 Å². The maximum Gasteiger partial charge on any atom is 0.298 e. The molecule has 0 spiro atoms. The summed E-state index contributed by atoms with van der Waals surface area (Å²) in [5, 5.41) is 8.60. The number of hydrogen-bond donors (Lipinski definition) is 2. The van der Waals surface area contributed by atoms with Crippen molar-refractivity contribution in [3.05, 3.63) is 30.3 Å². The Morgan fingerprint density at radius 1 is 1.19 bits per heavy atom. The number of piperidine rings is 1. The molecule has 3 aromatic rings. The highest BCUT2D eigenvalue weighted by Crippen LogP contribution is 2.33. The molecule has 1 amide bonds. The fraction of sp³-hybridized carbons (Fsp3) is 0.476. The van der Waals surface area contributed by atoms with Gasteiger partial charge in [-0.15, -0.1) is 0 Å². The van der Waals surface area contributed by atoms with Crippen molar-refractivity contribution >= 4 is 47.7 Å². The zero-order valence-corrected chi connectivity index (χ0v) is 18.7. The Labute approximate surface area is 188 Å². The summed E-state index contributed by atoms with van der Waals surface area (Å²) in [6, 6.07) is 4.62. The SMILES string of the molecule is Cn1cc2cc(N3CCCCC3)c(NC(=O)c3coc(N4CC[C@H](N)C4)n3)cc2n1.S. The van der Waals surface area contributed by atoms with E-state index in [1.165, 1.54) is 12.7 Å². The number of nitrogens with zero attached hydrogens (tertiary/aromatic N) is 5. The monoisotopic (exact) mass is 443 g/mol. The van der Waals surface area contributed by atoms with Crippen molar-refractivity contribution in [2.75, 3.05) is 41.3 Å². The molecule has 0 bridgehead atoms. The van der Waals surface area contributed by atoms with Gasteiger partial charge in [0.15, 0.2) is 5.69 Å². The lowest BCUT2D eigenvalue weighted by Gasteiger charge is -2.30. The number of carbonyl (C=O) groups excluding carboxylic acids is 1. The van der Waals surface area contributed by atoms with Crippen LogP contribution in [0.4, 0.5) is 17.4 Å². The maximum absolute atomic E-state index is 13.0. The lowest BCUT2D eigenvalue weighted by Crippen LogP contribution is -2.30. The quantitative estimate of drug-likeness (QED) is 0.638. The first-order valence-electron chi connectivity index (χ1n) is 10.6. The smallest absolute Gasteiger partial charge is 0.298 e. The third-order valence-corrected chi connectivity index (χ3v) is 5.90. The van der Waals surface area contributed by atoms with Crippen molar-refractivity contribution in [2.24, 2.45) is 12.8 Å².